The van der Waals surface area contributed by atoms with Crippen LogP contribution in [0.15, 0.2) is 59.8 Å². The summed E-state index contributed by atoms with van der Waals surface area (Å²) in [4.78, 5) is 12.3. The molecule has 0 spiro atoms. The number of halogens is 2. The van der Waals surface area contributed by atoms with Crippen molar-refractivity contribution in [3.8, 4) is 22.8 Å². The van der Waals surface area contributed by atoms with Crippen LogP contribution in [0, 0.1) is 5.82 Å². The summed E-state index contributed by atoms with van der Waals surface area (Å²) in [6.07, 6.45) is 0. The summed E-state index contributed by atoms with van der Waals surface area (Å²) in [5, 5.41) is 16.1. The van der Waals surface area contributed by atoms with Crippen molar-refractivity contribution in [2.75, 3.05) is 11.6 Å². The third-order valence-corrected chi connectivity index (χ3v) is 5.32. The Labute approximate surface area is 174 Å². The first kappa shape index (κ1) is 19.2. The molecule has 0 aliphatic heterocycles. The molecule has 0 saturated heterocycles. The number of hydrogen-bond acceptors (Lipinski definition) is 6. The number of rotatable bonds is 6. The van der Waals surface area contributed by atoms with Crippen LogP contribution in [-0.4, -0.2) is 36.6 Å². The van der Waals surface area contributed by atoms with Crippen molar-refractivity contribution in [2.24, 2.45) is 0 Å². The van der Waals surface area contributed by atoms with Crippen LogP contribution < -0.4 is 5.84 Å². The van der Waals surface area contributed by atoms with Crippen molar-refractivity contribution in [1.29, 1.82) is 0 Å². The highest BCUT2D eigenvalue weighted by molar-refractivity contribution is 7.99. The zero-order valence-corrected chi connectivity index (χ0v) is 16.4. The molecule has 146 valence electrons. The number of nitrogens with zero attached hydrogens (tertiary/aromatic N) is 4. The summed E-state index contributed by atoms with van der Waals surface area (Å²) in [7, 11) is 0. The van der Waals surface area contributed by atoms with Crippen molar-refractivity contribution in [3.05, 3.63) is 71.0 Å². The van der Waals surface area contributed by atoms with Gasteiger partial charge in [0.1, 0.15) is 11.5 Å². The summed E-state index contributed by atoms with van der Waals surface area (Å²) in [5.74, 6) is 6.22. The number of thioether (sulfide) groups is 1. The van der Waals surface area contributed by atoms with E-state index in [1.165, 1.54) is 28.6 Å². The van der Waals surface area contributed by atoms with Crippen molar-refractivity contribution < 1.29 is 9.18 Å². The number of H-pyrrole nitrogens is 1. The van der Waals surface area contributed by atoms with Gasteiger partial charge >= 0.3 is 0 Å². The summed E-state index contributed by atoms with van der Waals surface area (Å²) >= 11 is 7.02. The van der Waals surface area contributed by atoms with Crippen LogP contribution in [0.1, 0.15) is 10.4 Å². The lowest BCUT2D eigenvalue weighted by atomic mass is 10.1. The van der Waals surface area contributed by atoms with Gasteiger partial charge in [0.2, 0.25) is 11.0 Å². The maximum absolute atomic E-state index is 13.1. The van der Waals surface area contributed by atoms with Crippen LogP contribution in [0.3, 0.4) is 0 Å². The first-order chi connectivity index (χ1) is 14.0. The van der Waals surface area contributed by atoms with Crippen LogP contribution in [0.5, 0.6) is 0 Å². The second kappa shape index (κ2) is 8.06. The van der Waals surface area contributed by atoms with E-state index in [2.05, 4.69) is 20.4 Å². The van der Waals surface area contributed by atoms with E-state index in [1.54, 1.807) is 42.5 Å². The van der Waals surface area contributed by atoms with Gasteiger partial charge in [-0.2, -0.15) is 5.10 Å². The van der Waals surface area contributed by atoms with Gasteiger partial charge in [-0.05, 0) is 54.6 Å². The van der Waals surface area contributed by atoms with Gasteiger partial charge in [-0.15, -0.1) is 10.2 Å². The van der Waals surface area contributed by atoms with Crippen LogP contribution >= 0.6 is 23.4 Å². The molecule has 0 radical (unpaired) electrons. The van der Waals surface area contributed by atoms with Gasteiger partial charge in [-0.3, -0.25) is 9.89 Å². The van der Waals surface area contributed by atoms with Gasteiger partial charge in [0.25, 0.3) is 0 Å². The predicted octanol–water partition coefficient (Wildman–Crippen LogP) is 3.82. The third-order valence-electron chi connectivity index (χ3n) is 4.12. The van der Waals surface area contributed by atoms with Crippen LogP contribution in [0.2, 0.25) is 5.02 Å². The van der Waals surface area contributed by atoms with Gasteiger partial charge in [0.05, 0.1) is 11.4 Å². The fourth-order valence-corrected chi connectivity index (χ4v) is 3.49. The number of carbonyl (C=O) groups is 1. The lowest BCUT2D eigenvalue weighted by Crippen LogP contribution is -2.13. The number of ketones is 1. The molecule has 4 aromatic rings. The molecule has 0 fully saturated rings. The zero-order chi connectivity index (χ0) is 20.4. The quantitative estimate of drug-likeness (QED) is 0.275. The molecule has 0 atom stereocenters. The second-order valence-corrected chi connectivity index (χ2v) is 7.45. The smallest absolute Gasteiger partial charge is 0.210 e. The maximum atomic E-state index is 13.1. The molecule has 0 saturated carbocycles. The van der Waals surface area contributed by atoms with Gasteiger partial charge < -0.3 is 5.84 Å². The Balaban J connectivity index is 1.48. The van der Waals surface area contributed by atoms with Crippen LogP contribution in [-0.2, 0) is 0 Å². The number of aromatic amines is 1. The normalized spacial score (nSPS) is 11.0. The zero-order valence-electron chi connectivity index (χ0n) is 14.8. The molecule has 0 amide bonds. The van der Waals surface area contributed by atoms with Crippen molar-refractivity contribution in [3.63, 3.8) is 0 Å². The molecule has 10 heteroatoms. The fourth-order valence-electron chi connectivity index (χ4n) is 2.61. The van der Waals surface area contributed by atoms with Crippen molar-refractivity contribution >= 4 is 29.1 Å². The molecule has 2 heterocycles. The van der Waals surface area contributed by atoms with E-state index in [-0.39, 0.29) is 17.4 Å². The second-order valence-electron chi connectivity index (χ2n) is 6.07. The number of Topliss-reactive ketones (excluding diaryl/α,β-unsaturated/α-hetero) is 1. The molecule has 4 rings (SSSR count). The number of nitrogens with two attached hydrogens (primary N) is 1. The highest BCUT2D eigenvalue weighted by Gasteiger charge is 2.17. The Kier molecular flexibility index (Phi) is 5.32. The van der Waals surface area contributed by atoms with Crippen molar-refractivity contribution in [1.82, 2.24) is 25.1 Å². The van der Waals surface area contributed by atoms with E-state index in [1.807, 2.05) is 0 Å². The SMILES string of the molecule is Nn1c(SCC(=O)c2ccc(Cl)cc2)nnc1-c1cc(-c2ccc(F)cc2)n[nH]1. The number of carbonyl (C=O) groups excluding carboxylic acids is 1. The number of nitrogen functional groups attached to an aromatic ring is 1. The Morgan fingerprint density at radius 3 is 2.59 bits per heavy atom. The molecule has 0 bridgehead atoms. The summed E-state index contributed by atoms with van der Waals surface area (Å²) in [6, 6.07) is 14.4. The summed E-state index contributed by atoms with van der Waals surface area (Å²) in [6.45, 7) is 0. The fraction of sp³-hybridized carbons (Fsp3) is 0.0526. The average molecular weight is 429 g/mol. The molecule has 29 heavy (non-hydrogen) atoms. The molecular formula is C19H14ClFN6OS. The minimum atomic E-state index is -0.318. The topological polar surface area (TPSA) is 102 Å². The Bertz CT molecular complexity index is 1160. The molecule has 0 aliphatic rings. The molecule has 3 N–H and O–H groups in total. The van der Waals surface area contributed by atoms with Crippen molar-refractivity contribution in [2.45, 2.75) is 5.16 Å². The van der Waals surface area contributed by atoms with Crippen LogP contribution in [0.25, 0.3) is 22.8 Å². The molecule has 7 nitrogen and oxygen atoms in total. The van der Waals surface area contributed by atoms with Gasteiger partial charge in [-0.25, -0.2) is 9.07 Å². The number of benzene rings is 2. The Morgan fingerprint density at radius 1 is 1.14 bits per heavy atom. The summed E-state index contributed by atoms with van der Waals surface area (Å²) < 4.78 is 14.4. The molecule has 2 aromatic heterocycles. The van der Waals surface area contributed by atoms with Gasteiger partial charge in [-0.1, -0.05) is 23.4 Å². The van der Waals surface area contributed by atoms with Crippen LogP contribution in [0.4, 0.5) is 4.39 Å². The van der Waals surface area contributed by atoms with E-state index in [0.717, 1.165) is 5.56 Å². The molecule has 2 aromatic carbocycles. The minimum Gasteiger partial charge on any atom is -0.335 e. The van der Waals surface area contributed by atoms with E-state index in [4.69, 9.17) is 17.4 Å². The Hall–Kier alpha value is -3.17. The van der Waals surface area contributed by atoms with Gasteiger partial charge in [0, 0.05) is 16.1 Å². The van der Waals surface area contributed by atoms with E-state index < -0.39 is 0 Å². The number of hydrogen-bond donors (Lipinski definition) is 2. The standard InChI is InChI=1S/C19H14ClFN6OS/c20-13-5-1-12(2-6-13)17(28)10-29-19-26-25-18(27(19)22)16-9-15(23-24-16)11-3-7-14(21)8-4-11/h1-9H,10,22H2,(H,23,24). The van der Waals surface area contributed by atoms with Gasteiger partial charge in [0.15, 0.2) is 5.78 Å². The first-order valence-electron chi connectivity index (χ1n) is 8.45. The monoisotopic (exact) mass is 428 g/mol. The van der Waals surface area contributed by atoms with E-state index in [0.29, 0.717) is 33.0 Å². The number of aromatic nitrogens is 5. The third kappa shape index (κ3) is 4.15. The number of nitrogens with one attached hydrogen (secondary N) is 1. The highest BCUT2D eigenvalue weighted by Crippen LogP contribution is 2.25. The Morgan fingerprint density at radius 2 is 1.86 bits per heavy atom. The molecule has 0 aliphatic carbocycles. The maximum Gasteiger partial charge on any atom is 0.210 e. The van der Waals surface area contributed by atoms with E-state index in [9.17, 15) is 9.18 Å². The lowest BCUT2D eigenvalue weighted by molar-refractivity contribution is 0.102. The minimum absolute atomic E-state index is 0.0728. The summed E-state index contributed by atoms with van der Waals surface area (Å²) in [5.41, 5.74) is 2.48. The predicted molar refractivity (Wildman–Crippen MR) is 110 cm³/mol. The molecular weight excluding hydrogens is 415 g/mol. The lowest BCUT2D eigenvalue weighted by Gasteiger charge is -2.02. The average Bonchev–Trinajstić information content (AvgIpc) is 3.34. The molecule has 0 unspecified atom stereocenters. The largest absolute Gasteiger partial charge is 0.335 e. The highest BCUT2D eigenvalue weighted by atomic mass is 35.5. The first-order valence-corrected chi connectivity index (χ1v) is 9.81. The van der Waals surface area contributed by atoms with E-state index >= 15 is 0 Å².